The Bertz CT molecular complexity index is 1190. The van der Waals surface area contributed by atoms with Gasteiger partial charge in [-0.25, -0.2) is 0 Å². The molecule has 0 aliphatic carbocycles. The first-order valence-electron chi connectivity index (χ1n) is 34.6. The van der Waals surface area contributed by atoms with Gasteiger partial charge < -0.3 is 20.3 Å². The summed E-state index contributed by atoms with van der Waals surface area (Å²) in [5.41, 5.74) is 0. The number of hydrogen-bond donors (Lipinski definition) is 3. The van der Waals surface area contributed by atoms with Gasteiger partial charge in [-0.3, -0.25) is 9.59 Å². The van der Waals surface area contributed by atoms with Crippen molar-refractivity contribution >= 4 is 11.9 Å². The number of rotatable bonds is 65. The van der Waals surface area contributed by atoms with Crippen LogP contribution in [0.1, 0.15) is 386 Å². The maximum absolute atomic E-state index is 12.5. The van der Waals surface area contributed by atoms with Crippen LogP contribution in [0.2, 0.25) is 0 Å². The minimum atomic E-state index is -0.661. The predicted octanol–water partition coefficient (Wildman–Crippen LogP) is 22.1. The summed E-state index contributed by atoms with van der Waals surface area (Å²) in [7, 11) is 0. The van der Waals surface area contributed by atoms with E-state index in [1.54, 1.807) is 0 Å². The van der Waals surface area contributed by atoms with Crippen LogP contribution in [0.5, 0.6) is 0 Å². The quantitative estimate of drug-likeness (QED) is 0.0320. The molecule has 6 nitrogen and oxygen atoms in total. The molecule has 0 saturated heterocycles. The number of allylic oxidation sites excluding steroid dienone is 4. The molecule has 3 N–H and O–H groups in total. The molecule has 0 aliphatic rings. The molecule has 0 fully saturated rings. The van der Waals surface area contributed by atoms with Crippen LogP contribution in [0.25, 0.3) is 0 Å². The molecular weight excluding hydrogens is 935 g/mol. The fourth-order valence-electron chi connectivity index (χ4n) is 10.9. The summed E-state index contributed by atoms with van der Waals surface area (Å²) < 4.78 is 5.49. The number of amides is 1. The second-order valence-corrected chi connectivity index (χ2v) is 23.9. The Morgan fingerprint density at radius 2 is 0.618 bits per heavy atom. The van der Waals surface area contributed by atoms with Crippen molar-refractivity contribution in [3.63, 3.8) is 0 Å². The van der Waals surface area contributed by atoms with Crippen LogP contribution < -0.4 is 5.32 Å². The molecule has 6 heteroatoms. The third kappa shape index (κ3) is 61.6. The minimum Gasteiger partial charge on any atom is -0.466 e. The number of esters is 1. The molecule has 2 atom stereocenters. The summed E-state index contributed by atoms with van der Waals surface area (Å²) in [5, 5.41) is 23.3. The van der Waals surface area contributed by atoms with Gasteiger partial charge in [0.2, 0.25) is 5.91 Å². The highest BCUT2D eigenvalue weighted by molar-refractivity contribution is 5.76. The van der Waals surface area contributed by atoms with Gasteiger partial charge in [0, 0.05) is 12.8 Å². The molecule has 0 heterocycles. The summed E-state index contributed by atoms with van der Waals surface area (Å²) in [5.74, 6) is -0.0203. The number of nitrogens with one attached hydrogen (secondary N) is 1. The molecule has 0 rings (SSSR count). The van der Waals surface area contributed by atoms with E-state index in [1.807, 2.05) is 0 Å². The molecule has 0 aromatic rings. The highest BCUT2D eigenvalue weighted by Crippen LogP contribution is 2.18. The summed E-state index contributed by atoms with van der Waals surface area (Å²) in [6.07, 6.45) is 82.3. The number of carbonyl (C=O) groups is 2. The third-order valence-electron chi connectivity index (χ3n) is 16.2. The Morgan fingerprint density at radius 3 is 0.934 bits per heavy atom. The van der Waals surface area contributed by atoms with E-state index < -0.39 is 12.1 Å². The van der Waals surface area contributed by atoms with Crippen LogP contribution in [0.3, 0.4) is 0 Å². The van der Waals surface area contributed by atoms with Crippen molar-refractivity contribution in [2.75, 3.05) is 13.2 Å². The molecule has 2 unspecified atom stereocenters. The van der Waals surface area contributed by atoms with Crippen molar-refractivity contribution in [1.82, 2.24) is 5.32 Å². The first-order valence-corrected chi connectivity index (χ1v) is 34.6. The number of carbonyl (C=O) groups excluding carboxylic acids is 2. The van der Waals surface area contributed by atoms with E-state index in [-0.39, 0.29) is 18.5 Å². The summed E-state index contributed by atoms with van der Waals surface area (Å²) in [6.45, 7) is 4.97. The smallest absolute Gasteiger partial charge is 0.305 e. The lowest BCUT2D eigenvalue weighted by molar-refractivity contribution is -0.143. The molecule has 0 aliphatic heterocycles. The van der Waals surface area contributed by atoms with Gasteiger partial charge in [0.1, 0.15) is 0 Å². The van der Waals surface area contributed by atoms with Gasteiger partial charge in [0.15, 0.2) is 0 Å². The topological polar surface area (TPSA) is 95.9 Å². The summed E-state index contributed by atoms with van der Waals surface area (Å²) in [4.78, 5) is 24.5. The van der Waals surface area contributed by atoms with Crippen molar-refractivity contribution in [3.8, 4) is 0 Å². The van der Waals surface area contributed by atoms with E-state index in [9.17, 15) is 19.8 Å². The molecule has 0 bridgehead atoms. The fraction of sp³-hybridized carbons (Fsp3) is 0.914. The zero-order valence-corrected chi connectivity index (χ0v) is 51.5. The highest BCUT2D eigenvalue weighted by atomic mass is 16.5. The van der Waals surface area contributed by atoms with Crippen LogP contribution in [-0.4, -0.2) is 47.4 Å². The van der Waals surface area contributed by atoms with Gasteiger partial charge in [-0.1, -0.05) is 321 Å². The van der Waals surface area contributed by atoms with Gasteiger partial charge in [-0.05, 0) is 77.0 Å². The number of aliphatic hydroxyl groups excluding tert-OH is 2. The second-order valence-electron chi connectivity index (χ2n) is 23.9. The third-order valence-corrected chi connectivity index (χ3v) is 16.2. The predicted molar refractivity (Wildman–Crippen MR) is 333 cm³/mol. The Labute approximate surface area is 475 Å². The van der Waals surface area contributed by atoms with E-state index >= 15 is 0 Å². The van der Waals surface area contributed by atoms with Crippen molar-refractivity contribution in [1.29, 1.82) is 0 Å². The average Bonchev–Trinajstić information content (AvgIpc) is 3.42. The lowest BCUT2D eigenvalue weighted by Gasteiger charge is -2.22. The van der Waals surface area contributed by atoms with E-state index in [0.29, 0.717) is 25.9 Å². The van der Waals surface area contributed by atoms with E-state index in [1.165, 1.54) is 308 Å². The van der Waals surface area contributed by atoms with Crippen LogP contribution in [0, 0.1) is 0 Å². The van der Waals surface area contributed by atoms with E-state index in [2.05, 4.69) is 43.5 Å². The van der Waals surface area contributed by atoms with Gasteiger partial charge >= 0.3 is 5.97 Å². The Hall–Kier alpha value is -1.66. The van der Waals surface area contributed by atoms with Gasteiger partial charge in [-0.2, -0.15) is 0 Å². The van der Waals surface area contributed by atoms with Crippen molar-refractivity contribution in [3.05, 3.63) is 24.3 Å². The van der Waals surface area contributed by atoms with Crippen molar-refractivity contribution in [2.45, 2.75) is 398 Å². The zero-order chi connectivity index (χ0) is 55.0. The van der Waals surface area contributed by atoms with Gasteiger partial charge in [0.25, 0.3) is 0 Å². The minimum absolute atomic E-state index is 0.0107. The molecular formula is C70H135NO5. The molecule has 0 aromatic heterocycles. The van der Waals surface area contributed by atoms with E-state index in [4.69, 9.17) is 4.74 Å². The van der Waals surface area contributed by atoms with Crippen molar-refractivity contribution < 1.29 is 24.5 Å². The molecule has 0 radical (unpaired) electrons. The normalized spacial score (nSPS) is 12.6. The largest absolute Gasteiger partial charge is 0.466 e. The van der Waals surface area contributed by atoms with Gasteiger partial charge in [0.05, 0.1) is 25.4 Å². The maximum Gasteiger partial charge on any atom is 0.305 e. The van der Waals surface area contributed by atoms with Gasteiger partial charge in [-0.15, -0.1) is 0 Å². The van der Waals surface area contributed by atoms with Crippen LogP contribution in [-0.2, 0) is 14.3 Å². The van der Waals surface area contributed by atoms with Crippen LogP contribution in [0.15, 0.2) is 24.3 Å². The lowest BCUT2D eigenvalue weighted by Crippen LogP contribution is -2.45. The first kappa shape index (κ1) is 74.3. The monoisotopic (exact) mass is 1070 g/mol. The maximum atomic E-state index is 12.5. The summed E-state index contributed by atoms with van der Waals surface area (Å²) in [6, 6.07) is -0.538. The zero-order valence-electron chi connectivity index (χ0n) is 51.5. The molecule has 76 heavy (non-hydrogen) atoms. The summed E-state index contributed by atoms with van der Waals surface area (Å²) >= 11 is 0. The number of ether oxygens (including phenoxy) is 1. The SMILES string of the molecule is CCCCCCCC/C=C\CCCCCCCC(=O)OCCCCCCCCCCCCCC/C=C\CCCCCCCCCCCCCCCCCCC(=O)NC(CO)C(O)CCCCCCCCCCCCCC. The molecule has 1 amide bonds. The molecule has 450 valence electrons. The Morgan fingerprint density at radius 1 is 0.355 bits per heavy atom. The molecule has 0 aromatic carbocycles. The Kier molecular flexibility index (Phi) is 64.4. The standard InChI is InChI=1S/C70H135NO5/c1-3-5-7-9-11-13-15-17-36-40-44-48-52-56-60-64-70(75)76-65-61-57-53-49-45-41-38-35-33-31-29-27-25-23-21-19-18-20-22-24-26-28-30-32-34-37-39-43-47-51-55-59-63-69(74)71-67(66-72)68(73)62-58-54-50-46-42-16-14-12-10-8-6-4-2/h17,21,23,36,67-68,72-73H,3-16,18-20,22,24-35,37-66H2,1-2H3,(H,71,74)/b23-21-,36-17-. The van der Waals surface area contributed by atoms with Crippen LogP contribution >= 0.6 is 0 Å². The highest BCUT2D eigenvalue weighted by Gasteiger charge is 2.20. The van der Waals surface area contributed by atoms with Crippen molar-refractivity contribution in [2.24, 2.45) is 0 Å². The first-order chi connectivity index (χ1) is 37.5. The Balaban J connectivity index is 3.33. The number of unbranched alkanes of at least 4 members (excludes halogenated alkanes) is 50. The molecule has 0 spiro atoms. The second kappa shape index (κ2) is 65.9. The number of hydrogen-bond acceptors (Lipinski definition) is 5. The van der Waals surface area contributed by atoms with Crippen LogP contribution in [0.4, 0.5) is 0 Å². The fourth-order valence-corrected chi connectivity index (χ4v) is 10.9. The average molecular weight is 1070 g/mol. The molecule has 0 saturated carbocycles. The van der Waals surface area contributed by atoms with E-state index in [0.717, 1.165) is 44.9 Å². The lowest BCUT2D eigenvalue weighted by atomic mass is 10.0. The number of aliphatic hydroxyl groups is 2.